The van der Waals surface area contributed by atoms with Gasteiger partial charge in [0, 0.05) is 25.8 Å². The number of amides is 1. The minimum atomic E-state index is -0.0129. The first kappa shape index (κ1) is 14.5. The van der Waals surface area contributed by atoms with Crippen molar-refractivity contribution >= 4 is 17.4 Å². The molecular weight excluding hydrogens is 276 g/mol. The predicted molar refractivity (Wildman–Crippen MR) is 86.3 cm³/mol. The standard InChI is InChI=1S/C17H20N4O/c1-20(14-8-4-2-5-9-14)16-11-10-15(18-19-16)17(22)21-12-6-3-7-13-21/h2,4-5,8-11H,3,6-7,12-13H2,1H3. The Morgan fingerprint density at radius 2 is 1.73 bits per heavy atom. The first-order valence-electron chi connectivity index (χ1n) is 7.67. The van der Waals surface area contributed by atoms with Gasteiger partial charge in [0.15, 0.2) is 11.5 Å². The van der Waals surface area contributed by atoms with Crippen molar-refractivity contribution in [3.8, 4) is 0 Å². The summed E-state index contributed by atoms with van der Waals surface area (Å²) >= 11 is 0. The van der Waals surface area contributed by atoms with Crippen molar-refractivity contribution in [2.45, 2.75) is 19.3 Å². The molecule has 1 aromatic heterocycles. The van der Waals surface area contributed by atoms with Crippen molar-refractivity contribution in [1.29, 1.82) is 0 Å². The van der Waals surface area contributed by atoms with Gasteiger partial charge in [-0.05, 0) is 43.5 Å². The molecule has 0 saturated carbocycles. The van der Waals surface area contributed by atoms with E-state index in [1.807, 2.05) is 53.2 Å². The number of piperidine rings is 1. The van der Waals surface area contributed by atoms with E-state index in [1.54, 1.807) is 6.07 Å². The Morgan fingerprint density at radius 1 is 1.00 bits per heavy atom. The number of carbonyl (C=O) groups is 1. The summed E-state index contributed by atoms with van der Waals surface area (Å²) in [6, 6.07) is 13.6. The van der Waals surface area contributed by atoms with E-state index >= 15 is 0 Å². The molecule has 3 rings (SSSR count). The van der Waals surface area contributed by atoms with E-state index in [0.717, 1.165) is 37.4 Å². The first-order chi connectivity index (χ1) is 10.8. The number of carbonyl (C=O) groups excluding carboxylic acids is 1. The summed E-state index contributed by atoms with van der Waals surface area (Å²) in [7, 11) is 1.94. The van der Waals surface area contributed by atoms with Gasteiger partial charge >= 0.3 is 0 Å². The van der Waals surface area contributed by atoms with E-state index < -0.39 is 0 Å². The summed E-state index contributed by atoms with van der Waals surface area (Å²) < 4.78 is 0. The topological polar surface area (TPSA) is 49.3 Å². The fourth-order valence-corrected chi connectivity index (χ4v) is 2.66. The van der Waals surface area contributed by atoms with E-state index in [1.165, 1.54) is 6.42 Å². The number of benzene rings is 1. The molecule has 0 unspecified atom stereocenters. The van der Waals surface area contributed by atoms with Gasteiger partial charge in [0.2, 0.25) is 0 Å². The maximum absolute atomic E-state index is 12.4. The van der Waals surface area contributed by atoms with Crippen LogP contribution in [-0.4, -0.2) is 41.1 Å². The van der Waals surface area contributed by atoms with E-state index in [-0.39, 0.29) is 5.91 Å². The van der Waals surface area contributed by atoms with Crippen LogP contribution >= 0.6 is 0 Å². The van der Waals surface area contributed by atoms with Crippen LogP contribution < -0.4 is 4.90 Å². The third-order valence-electron chi connectivity index (χ3n) is 4.00. The molecule has 1 fully saturated rings. The van der Waals surface area contributed by atoms with Gasteiger partial charge in [-0.1, -0.05) is 18.2 Å². The fourth-order valence-electron chi connectivity index (χ4n) is 2.66. The van der Waals surface area contributed by atoms with Crippen molar-refractivity contribution < 1.29 is 4.79 Å². The zero-order chi connectivity index (χ0) is 15.4. The average molecular weight is 296 g/mol. The number of anilines is 2. The molecular formula is C17H20N4O. The lowest BCUT2D eigenvalue weighted by atomic mass is 10.1. The zero-order valence-corrected chi connectivity index (χ0v) is 12.8. The Labute approximate surface area is 130 Å². The fraction of sp³-hybridized carbons (Fsp3) is 0.353. The van der Waals surface area contributed by atoms with Crippen molar-refractivity contribution in [2.24, 2.45) is 0 Å². The lowest BCUT2D eigenvalue weighted by Gasteiger charge is -2.26. The number of nitrogens with zero attached hydrogens (tertiary/aromatic N) is 4. The van der Waals surface area contributed by atoms with E-state index in [9.17, 15) is 4.79 Å². The lowest BCUT2D eigenvalue weighted by molar-refractivity contribution is 0.0717. The Morgan fingerprint density at radius 3 is 2.36 bits per heavy atom. The van der Waals surface area contributed by atoms with E-state index in [4.69, 9.17) is 0 Å². The number of hydrogen-bond donors (Lipinski definition) is 0. The van der Waals surface area contributed by atoms with Crippen LogP contribution in [0.25, 0.3) is 0 Å². The highest BCUT2D eigenvalue weighted by molar-refractivity contribution is 5.92. The summed E-state index contributed by atoms with van der Waals surface area (Å²) in [5, 5.41) is 8.32. The molecule has 1 aliphatic rings. The Kier molecular flexibility index (Phi) is 4.32. The van der Waals surface area contributed by atoms with Crippen molar-refractivity contribution in [3.05, 3.63) is 48.2 Å². The van der Waals surface area contributed by atoms with Crippen LogP contribution in [0.3, 0.4) is 0 Å². The van der Waals surface area contributed by atoms with Crippen LogP contribution in [0.2, 0.25) is 0 Å². The minimum absolute atomic E-state index is 0.0129. The Hall–Kier alpha value is -2.43. The van der Waals surface area contributed by atoms with E-state index in [0.29, 0.717) is 5.69 Å². The van der Waals surface area contributed by atoms with Gasteiger partial charge in [0.1, 0.15) is 0 Å². The van der Waals surface area contributed by atoms with Gasteiger partial charge in [0.05, 0.1) is 0 Å². The molecule has 5 heteroatoms. The molecule has 0 bridgehead atoms. The summed E-state index contributed by atoms with van der Waals surface area (Å²) in [5.41, 5.74) is 1.46. The summed E-state index contributed by atoms with van der Waals surface area (Å²) in [5.74, 6) is 0.711. The van der Waals surface area contributed by atoms with Gasteiger partial charge in [-0.3, -0.25) is 4.79 Å². The molecule has 1 aromatic carbocycles. The normalized spacial score (nSPS) is 14.7. The maximum Gasteiger partial charge on any atom is 0.274 e. The Bertz CT molecular complexity index is 621. The molecule has 2 heterocycles. The monoisotopic (exact) mass is 296 g/mol. The number of likely N-dealkylation sites (tertiary alicyclic amines) is 1. The van der Waals surface area contributed by atoms with Gasteiger partial charge in [-0.25, -0.2) is 0 Å². The largest absolute Gasteiger partial charge is 0.337 e. The van der Waals surface area contributed by atoms with Crippen LogP contribution in [0, 0.1) is 0 Å². The first-order valence-corrected chi connectivity index (χ1v) is 7.67. The van der Waals surface area contributed by atoms with Crippen molar-refractivity contribution in [3.63, 3.8) is 0 Å². The van der Waals surface area contributed by atoms with E-state index in [2.05, 4.69) is 10.2 Å². The predicted octanol–water partition coefficient (Wildman–Crippen LogP) is 2.87. The second kappa shape index (κ2) is 6.56. The molecule has 0 spiro atoms. The molecule has 0 atom stereocenters. The third-order valence-corrected chi connectivity index (χ3v) is 4.00. The highest BCUT2D eigenvalue weighted by Gasteiger charge is 2.19. The Balaban J connectivity index is 1.73. The summed E-state index contributed by atoms with van der Waals surface area (Å²) in [6.45, 7) is 1.65. The average Bonchev–Trinajstić information content (AvgIpc) is 2.62. The van der Waals surface area contributed by atoms with Gasteiger partial charge in [0.25, 0.3) is 5.91 Å². The summed E-state index contributed by atoms with van der Waals surface area (Å²) in [4.78, 5) is 16.2. The second-order valence-electron chi connectivity index (χ2n) is 5.52. The molecule has 2 aromatic rings. The number of para-hydroxylation sites is 1. The molecule has 114 valence electrons. The number of hydrogen-bond acceptors (Lipinski definition) is 4. The van der Waals surface area contributed by atoms with Crippen LogP contribution in [0.5, 0.6) is 0 Å². The zero-order valence-electron chi connectivity index (χ0n) is 12.8. The van der Waals surface area contributed by atoms with Gasteiger partial charge in [-0.2, -0.15) is 0 Å². The highest BCUT2D eigenvalue weighted by atomic mass is 16.2. The molecule has 1 aliphatic heterocycles. The van der Waals surface area contributed by atoms with Crippen molar-refractivity contribution in [2.75, 3.05) is 25.0 Å². The molecule has 0 radical (unpaired) electrons. The SMILES string of the molecule is CN(c1ccccc1)c1ccc(C(=O)N2CCCCC2)nn1. The van der Waals surface area contributed by atoms with Crippen LogP contribution in [0.1, 0.15) is 29.8 Å². The molecule has 1 saturated heterocycles. The van der Waals surface area contributed by atoms with Crippen molar-refractivity contribution in [1.82, 2.24) is 15.1 Å². The third kappa shape index (κ3) is 3.08. The van der Waals surface area contributed by atoms with Crippen LogP contribution in [0.15, 0.2) is 42.5 Å². The molecule has 1 amide bonds. The maximum atomic E-state index is 12.4. The molecule has 0 N–H and O–H groups in total. The molecule has 22 heavy (non-hydrogen) atoms. The van der Waals surface area contributed by atoms with Gasteiger partial charge < -0.3 is 9.80 Å². The van der Waals surface area contributed by atoms with Gasteiger partial charge in [-0.15, -0.1) is 10.2 Å². The smallest absolute Gasteiger partial charge is 0.274 e. The molecule has 5 nitrogen and oxygen atoms in total. The minimum Gasteiger partial charge on any atom is -0.337 e. The highest BCUT2D eigenvalue weighted by Crippen LogP contribution is 2.20. The second-order valence-corrected chi connectivity index (χ2v) is 5.52. The summed E-state index contributed by atoms with van der Waals surface area (Å²) in [6.07, 6.45) is 3.36. The molecule has 0 aliphatic carbocycles. The quantitative estimate of drug-likeness (QED) is 0.874. The number of rotatable bonds is 3. The number of aromatic nitrogens is 2. The lowest BCUT2D eigenvalue weighted by Crippen LogP contribution is -2.36. The van der Waals surface area contributed by atoms with Crippen LogP contribution in [-0.2, 0) is 0 Å². The van der Waals surface area contributed by atoms with Crippen LogP contribution in [0.4, 0.5) is 11.5 Å².